The zero-order valence-electron chi connectivity index (χ0n) is 10.4. The molecule has 0 aliphatic heterocycles. The van der Waals surface area contributed by atoms with Crippen LogP contribution in [0.3, 0.4) is 0 Å². The lowest BCUT2D eigenvalue weighted by Gasteiger charge is -2.07. The number of hydrogen-bond donors (Lipinski definition) is 2. The molecular weight excluding hydrogens is 276 g/mol. The summed E-state index contributed by atoms with van der Waals surface area (Å²) in [5.74, 6) is -1.06. The maximum atomic E-state index is 11.3. The molecule has 0 radical (unpaired) electrons. The van der Waals surface area contributed by atoms with Crippen LogP contribution in [0.4, 0.5) is 0 Å². The molecular formula is C15H11ClN2O2. The van der Waals surface area contributed by atoms with Gasteiger partial charge in [-0.1, -0.05) is 41.9 Å². The predicted octanol–water partition coefficient (Wildman–Crippen LogP) is 3.51. The Balaban J connectivity index is 2.20. The quantitative estimate of drug-likeness (QED) is 0.774. The first-order valence-electron chi connectivity index (χ1n) is 6.09. The van der Waals surface area contributed by atoms with Gasteiger partial charge in [0.15, 0.2) is 5.69 Å². The third-order valence-corrected chi connectivity index (χ3v) is 3.56. The third kappa shape index (κ3) is 2.14. The molecule has 100 valence electrons. The van der Waals surface area contributed by atoms with E-state index in [0.29, 0.717) is 22.3 Å². The first-order chi connectivity index (χ1) is 9.66. The Labute approximate surface area is 120 Å². The molecule has 0 spiro atoms. The minimum absolute atomic E-state index is 0.00781. The Morgan fingerprint density at radius 1 is 1.20 bits per heavy atom. The number of aromatic nitrogens is 2. The van der Waals surface area contributed by atoms with E-state index in [1.54, 1.807) is 12.1 Å². The van der Waals surface area contributed by atoms with E-state index in [-0.39, 0.29) is 5.69 Å². The van der Waals surface area contributed by atoms with Gasteiger partial charge >= 0.3 is 5.97 Å². The molecule has 2 N–H and O–H groups in total. The van der Waals surface area contributed by atoms with E-state index in [4.69, 9.17) is 11.6 Å². The highest BCUT2D eigenvalue weighted by atomic mass is 35.5. The zero-order chi connectivity index (χ0) is 14.1. The second kappa shape index (κ2) is 4.98. The van der Waals surface area contributed by atoms with Gasteiger partial charge in [-0.15, -0.1) is 0 Å². The van der Waals surface area contributed by atoms with Gasteiger partial charge in [0.1, 0.15) is 0 Å². The summed E-state index contributed by atoms with van der Waals surface area (Å²) in [6, 6.07) is 13.3. The second-order valence-corrected chi connectivity index (χ2v) is 4.90. The average Bonchev–Trinajstić information content (AvgIpc) is 2.87. The van der Waals surface area contributed by atoms with E-state index < -0.39 is 5.97 Å². The lowest BCUT2D eigenvalue weighted by Crippen LogP contribution is -2.00. The predicted molar refractivity (Wildman–Crippen MR) is 77.3 cm³/mol. The zero-order valence-corrected chi connectivity index (χ0v) is 11.2. The number of halogens is 1. The fourth-order valence-corrected chi connectivity index (χ4v) is 2.51. The third-order valence-electron chi connectivity index (χ3n) is 3.21. The van der Waals surface area contributed by atoms with Gasteiger partial charge in [0.2, 0.25) is 0 Å². The molecule has 0 saturated heterocycles. The van der Waals surface area contributed by atoms with Crippen molar-refractivity contribution in [3.8, 4) is 0 Å². The molecule has 0 saturated carbocycles. The molecule has 1 aromatic heterocycles. The minimum atomic E-state index is -1.06. The second-order valence-electron chi connectivity index (χ2n) is 4.49. The Morgan fingerprint density at radius 2 is 1.95 bits per heavy atom. The first-order valence-corrected chi connectivity index (χ1v) is 6.47. The van der Waals surface area contributed by atoms with Crippen molar-refractivity contribution < 1.29 is 9.90 Å². The van der Waals surface area contributed by atoms with E-state index in [1.165, 1.54) is 0 Å². The summed E-state index contributed by atoms with van der Waals surface area (Å²) < 4.78 is 0. The first kappa shape index (κ1) is 12.7. The van der Waals surface area contributed by atoms with Crippen molar-refractivity contribution >= 4 is 28.5 Å². The minimum Gasteiger partial charge on any atom is -0.476 e. The van der Waals surface area contributed by atoms with Crippen molar-refractivity contribution in [3.05, 3.63) is 64.3 Å². The summed E-state index contributed by atoms with van der Waals surface area (Å²) in [5.41, 5.74) is 2.53. The number of aromatic carboxylic acids is 1. The lowest BCUT2D eigenvalue weighted by molar-refractivity contribution is 0.0692. The number of carboxylic acid groups (broad SMARTS) is 1. The smallest absolute Gasteiger partial charge is 0.357 e. The van der Waals surface area contributed by atoms with Crippen molar-refractivity contribution in [1.29, 1.82) is 0 Å². The molecule has 20 heavy (non-hydrogen) atoms. The van der Waals surface area contributed by atoms with Gasteiger partial charge in [0, 0.05) is 10.4 Å². The van der Waals surface area contributed by atoms with Crippen LogP contribution in [0, 0.1) is 0 Å². The largest absolute Gasteiger partial charge is 0.476 e. The van der Waals surface area contributed by atoms with Crippen molar-refractivity contribution in [2.45, 2.75) is 6.42 Å². The maximum absolute atomic E-state index is 11.3. The molecule has 0 atom stereocenters. The van der Waals surface area contributed by atoms with E-state index >= 15 is 0 Å². The van der Waals surface area contributed by atoms with Gasteiger partial charge in [-0.3, -0.25) is 5.10 Å². The van der Waals surface area contributed by atoms with Crippen LogP contribution < -0.4 is 0 Å². The number of fused-ring (bicyclic) bond motifs is 1. The van der Waals surface area contributed by atoms with Gasteiger partial charge in [-0.05, 0) is 29.7 Å². The van der Waals surface area contributed by atoms with Crippen molar-refractivity contribution in [2.24, 2.45) is 0 Å². The SMILES string of the molecule is O=C(O)c1n[nH]c2ccc(Cl)c(Cc3ccccc3)c12. The van der Waals surface area contributed by atoms with Gasteiger partial charge in [-0.2, -0.15) is 5.10 Å². The average molecular weight is 287 g/mol. The number of benzene rings is 2. The molecule has 1 heterocycles. The molecule has 0 aliphatic carbocycles. The Kier molecular flexibility index (Phi) is 3.16. The van der Waals surface area contributed by atoms with Crippen LogP contribution in [0.1, 0.15) is 21.6 Å². The van der Waals surface area contributed by atoms with Crippen molar-refractivity contribution in [2.75, 3.05) is 0 Å². The van der Waals surface area contributed by atoms with Crippen LogP contribution in [-0.2, 0) is 6.42 Å². The number of carbonyl (C=O) groups is 1. The summed E-state index contributed by atoms with van der Waals surface area (Å²) in [6.45, 7) is 0. The van der Waals surface area contributed by atoms with E-state index in [9.17, 15) is 9.90 Å². The van der Waals surface area contributed by atoms with Gasteiger partial charge in [0.25, 0.3) is 0 Å². The normalized spacial score (nSPS) is 10.8. The molecule has 4 nitrogen and oxygen atoms in total. The van der Waals surface area contributed by atoms with Crippen LogP contribution in [-0.4, -0.2) is 21.3 Å². The van der Waals surface area contributed by atoms with Crippen LogP contribution in [0.5, 0.6) is 0 Å². The standard InChI is InChI=1S/C15H11ClN2O2/c16-11-6-7-12-13(14(15(19)20)18-17-12)10(11)8-9-4-2-1-3-5-9/h1-7H,8H2,(H,17,18)(H,19,20). The number of nitrogens with one attached hydrogen (secondary N) is 1. The molecule has 2 aromatic carbocycles. The van der Waals surface area contributed by atoms with Crippen molar-refractivity contribution in [1.82, 2.24) is 10.2 Å². The van der Waals surface area contributed by atoms with Gasteiger partial charge in [0.05, 0.1) is 5.52 Å². The highest BCUT2D eigenvalue weighted by Gasteiger charge is 2.18. The van der Waals surface area contributed by atoms with E-state index in [2.05, 4.69) is 10.2 Å². The molecule has 0 bridgehead atoms. The number of H-pyrrole nitrogens is 1. The highest BCUT2D eigenvalue weighted by molar-refractivity contribution is 6.32. The summed E-state index contributed by atoms with van der Waals surface area (Å²) in [4.78, 5) is 11.3. The fourth-order valence-electron chi connectivity index (χ4n) is 2.29. The molecule has 3 aromatic rings. The fraction of sp³-hybridized carbons (Fsp3) is 0.0667. The topological polar surface area (TPSA) is 66.0 Å². The van der Waals surface area contributed by atoms with Gasteiger partial charge < -0.3 is 5.11 Å². The van der Waals surface area contributed by atoms with Crippen LogP contribution in [0.15, 0.2) is 42.5 Å². The molecule has 0 fully saturated rings. The number of hydrogen-bond acceptors (Lipinski definition) is 2. The van der Waals surface area contributed by atoms with Gasteiger partial charge in [-0.25, -0.2) is 4.79 Å². The van der Waals surface area contributed by atoms with Crippen LogP contribution in [0.2, 0.25) is 5.02 Å². The number of nitrogens with zero attached hydrogens (tertiary/aromatic N) is 1. The molecule has 0 unspecified atom stereocenters. The Morgan fingerprint density at radius 3 is 2.65 bits per heavy atom. The van der Waals surface area contributed by atoms with Crippen LogP contribution >= 0.6 is 11.6 Å². The summed E-state index contributed by atoms with van der Waals surface area (Å²) >= 11 is 6.25. The number of aromatic amines is 1. The summed E-state index contributed by atoms with van der Waals surface area (Å²) in [6.07, 6.45) is 0.566. The van der Waals surface area contributed by atoms with E-state index in [1.807, 2.05) is 30.3 Å². The van der Waals surface area contributed by atoms with Crippen LogP contribution in [0.25, 0.3) is 10.9 Å². The maximum Gasteiger partial charge on any atom is 0.357 e. The molecule has 0 aliphatic rings. The Hall–Kier alpha value is -2.33. The van der Waals surface area contributed by atoms with E-state index in [0.717, 1.165) is 11.1 Å². The number of carboxylic acids is 1. The highest BCUT2D eigenvalue weighted by Crippen LogP contribution is 2.29. The monoisotopic (exact) mass is 286 g/mol. The Bertz CT molecular complexity index is 781. The molecule has 5 heteroatoms. The molecule has 0 amide bonds. The van der Waals surface area contributed by atoms with Crippen molar-refractivity contribution in [3.63, 3.8) is 0 Å². The lowest BCUT2D eigenvalue weighted by atomic mass is 10.00. The number of rotatable bonds is 3. The summed E-state index contributed by atoms with van der Waals surface area (Å²) in [7, 11) is 0. The molecule has 3 rings (SSSR count). The summed E-state index contributed by atoms with van der Waals surface area (Å²) in [5, 5.41) is 16.9.